The van der Waals surface area contributed by atoms with E-state index in [1.807, 2.05) is 0 Å². The Hall–Kier alpha value is -0.120. The van der Waals surface area contributed by atoms with Crippen LogP contribution in [0.4, 0.5) is 0 Å². The second-order valence-electron chi connectivity index (χ2n) is 4.19. The van der Waals surface area contributed by atoms with Crippen molar-refractivity contribution in [1.29, 1.82) is 0 Å². The molecule has 1 heterocycles. The zero-order chi connectivity index (χ0) is 9.10. The summed E-state index contributed by atoms with van der Waals surface area (Å²) in [5, 5.41) is 9.04. The van der Waals surface area contributed by atoms with Crippen molar-refractivity contribution in [2.24, 2.45) is 11.8 Å². The van der Waals surface area contributed by atoms with E-state index in [0.717, 1.165) is 32.2 Å². The van der Waals surface area contributed by atoms with Gasteiger partial charge in [-0.25, -0.2) is 0 Å². The minimum atomic E-state index is 0.384. The highest BCUT2D eigenvalue weighted by Crippen LogP contribution is 2.34. The third kappa shape index (κ3) is 2.22. The molecule has 2 fully saturated rings. The zero-order valence-corrected chi connectivity index (χ0v) is 8.11. The molecule has 0 radical (unpaired) electrons. The molecule has 1 N–H and O–H groups in total. The largest absolute Gasteiger partial charge is 0.396 e. The number of morpholine rings is 1. The Morgan fingerprint density at radius 2 is 1.85 bits per heavy atom. The minimum Gasteiger partial charge on any atom is -0.396 e. The standard InChI is InChI=1S/C10H19NO2/c12-8-10-2-1-9(10)7-11-3-5-13-6-4-11/h9-10,12H,1-8H2/t9-,10+/m1/s1. The van der Waals surface area contributed by atoms with Gasteiger partial charge in [-0.05, 0) is 24.7 Å². The van der Waals surface area contributed by atoms with Gasteiger partial charge < -0.3 is 9.84 Å². The van der Waals surface area contributed by atoms with Crippen LogP contribution in [0.25, 0.3) is 0 Å². The topological polar surface area (TPSA) is 32.7 Å². The van der Waals surface area contributed by atoms with Crippen LogP contribution in [0.1, 0.15) is 12.8 Å². The quantitative estimate of drug-likeness (QED) is 0.688. The molecule has 76 valence electrons. The maximum atomic E-state index is 9.04. The fourth-order valence-electron chi connectivity index (χ4n) is 2.23. The highest BCUT2D eigenvalue weighted by atomic mass is 16.5. The van der Waals surface area contributed by atoms with E-state index in [1.165, 1.54) is 19.4 Å². The summed E-state index contributed by atoms with van der Waals surface area (Å²) in [5.74, 6) is 1.34. The van der Waals surface area contributed by atoms with Crippen molar-refractivity contribution >= 4 is 0 Å². The van der Waals surface area contributed by atoms with Gasteiger partial charge in [-0.15, -0.1) is 0 Å². The third-order valence-corrected chi connectivity index (χ3v) is 3.41. The van der Waals surface area contributed by atoms with Crippen molar-refractivity contribution < 1.29 is 9.84 Å². The molecule has 3 heteroatoms. The number of hydrogen-bond donors (Lipinski definition) is 1. The van der Waals surface area contributed by atoms with Crippen molar-refractivity contribution in [2.75, 3.05) is 39.5 Å². The normalized spacial score (nSPS) is 35.8. The van der Waals surface area contributed by atoms with Gasteiger partial charge >= 0.3 is 0 Å². The number of aliphatic hydroxyl groups excluding tert-OH is 1. The molecule has 2 atom stereocenters. The number of aliphatic hydroxyl groups is 1. The number of rotatable bonds is 3. The first kappa shape index (κ1) is 9.44. The maximum Gasteiger partial charge on any atom is 0.0594 e. The van der Waals surface area contributed by atoms with E-state index in [4.69, 9.17) is 9.84 Å². The van der Waals surface area contributed by atoms with Crippen LogP contribution in [-0.4, -0.2) is 49.5 Å². The monoisotopic (exact) mass is 185 g/mol. The predicted octanol–water partition coefficient (Wildman–Crippen LogP) is 0.337. The van der Waals surface area contributed by atoms with Gasteiger partial charge in [0.2, 0.25) is 0 Å². The van der Waals surface area contributed by atoms with Crippen molar-refractivity contribution in [3.05, 3.63) is 0 Å². The summed E-state index contributed by atoms with van der Waals surface area (Å²) in [4.78, 5) is 2.47. The molecule has 2 rings (SSSR count). The third-order valence-electron chi connectivity index (χ3n) is 3.41. The molecule has 0 aromatic rings. The average molecular weight is 185 g/mol. The van der Waals surface area contributed by atoms with Crippen molar-refractivity contribution in [2.45, 2.75) is 12.8 Å². The average Bonchev–Trinajstić information content (AvgIpc) is 2.15. The van der Waals surface area contributed by atoms with Crippen molar-refractivity contribution in [1.82, 2.24) is 4.90 Å². The van der Waals surface area contributed by atoms with E-state index < -0.39 is 0 Å². The first-order chi connectivity index (χ1) is 6.40. The van der Waals surface area contributed by atoms with E-state index in [0.29, 0.717) is 12.5 Å². The highest BCUT2D eigenvalue weighted by Gasteiger charge is 2.31. The molecule has 3 nitrogen and oxygen atoms in total. The van der Waals surface area contributed by atoms with E-state index in [2.05, 4.69) is 4.90 Å². The number of ether oxygens (including phenoxy) is 1. The Kier molecular flexibility index (Phi) is 3.19. The summed E-state index contributed by atoms with van der Waals surface area (Å²) in [7, 11) is 0. The van der Waals surface area contributed by atoms with Crippen LogP contribution in [0, 0.1) is 11.8 Å². The molecule has 0 spiro atoms. The first-order valence-electron chi connectivity index (χ1n) is 5.31. The van der Waals surface area contributed by atoms with Crippen LogP contribution in [0.15, 0.2) is 0 Å². The Bertz CT molecular complexity index is 155. The Morgan fingerprint density at radius 1 is 1.15 bits per heavy atom. The lowest BCUT2D eigenvalue weighted by atomic mass is 9.74. The molecule has 0 aromatic carbocycles. The molecule has 1 saturated carbocycles. The second-order valence-corrected chi connectivity index (χ2v) is 4.19. The summed E-state index contributed by atoms with van der Waals surface area (Å²) >= 11 is 0. The van der Waals surface area contributed by atoms with E-state index in [-0.39, 0.29) is 0 Å². The second kappa shape index (κ2) is 4.40. The summed E-state index contributed by atoms with van der Waals surface area (Å²) in [6, 6.07) is 0. The van der Waals surface area contributed by atoms with E-state index in [9.17, 15) is 0 Å². The fourth-order valence-corrected chi connectivity index (χ4v) is 2.23. The number of hydrogen-bond acceptors (Lipinski definition) is 3. The fraction of sp³-hybridized carbons (Fsp3) is 1.00. The first-order valence-corrected chi connectivity index (χ1v) is 5.31. The summed E-state index contributed by atoms with van der Waals surface area (Å²) in [6.07, 6.45) is 2.54. The van der Waals surface area contributed by atoms with Crippen LogP contribution in [-0.2, 0) is 4.74 Å². The molecule has 1 aliphatic heterocycles. The lowest BCUT2D eigenvalue weighted by molar-refractivity contribution is 0.00251. The molecule has 1 aliphatic carbocycles. The van der Waals surface area contributed by atoms with Crippen LogP contribution < -0.4 is 0 Å². The molecule has 13 heavy (non-hydrogen) atoms. The Morgan fingerprint density at radius 3 is 2.38 bits per heavy atom. The molecule has 0 unspecified atom stereocenters. The molecule has 0 aromatic heterocycles. The van der Waals surface area contributed by atoms with Crippen molar-refractivity contribution in [3.8, 4) is 0 Å². The van der Waals surface area contributed by atoms with Gasteiger partial charge in [-0.1, -0.05) is 0 Å². The van der Waals surface area contributed by atoms with Gasteiger partial charge in [0.1, 0.15) is 0 Å². The lowest BCUT2D eigenvalue weighted by Crippen LogP contribution is -2.44. The van der Waals surface area contributed by atoms with Crippen LogP contribution in [0.2, 0.25) is 0 Å². The Labute approximate surface area is 79.7 Å². The minimum absolute atomic E-state index is 0.384. The molecule has 2 aliphatic rings. The van der Waals surface area contributed by atoms with Crippen LogP contribution >= 0.6 is 0 Å². The molecule has 0 bridgehead atoms. The van der Waals surface area contributed by atoms with Gasteiger partial charge in [0.25, 0.3) is 0 Å². The van der Waals surface area contributed by atoms with Gasteiger partial charge in [0, 0.05) is 26.2 Å². The SMILES string of the molecule is OC[C@@H]1CC[C@@H]1CN1CCOCC1. The van der Waals surface area contributed by atoms with Crippen LogP contribution in [0.5, 0.6) is 0 Å². The molecule has 0 amide bonds. The van der Waals surface area contributed by atoms with Gasteiger partial charge in [-0.3, -0.25) is 4.90 Å². The van der Waals surface area contributed by atoms with E-state index in [1.54, 1.807) is 0 Å². The summed E-state index contributed by atoms with van der Waals surface area (Å²) in [5.41, 5.74) is 0. The van der Waals surface area contributed by atoms with Crippen LogP contribution in [0.3, 0.4) is 0 Å². The zero-order valence-electron chi connectivity index (χ0n) is 8.11. The number of nitrogens with zero attached hydrogens (tertiary/aromatic N) is 1. The predicted molar refractivity (Wildman–Crippen MR) is 50.6 cm³/mol. The summed E-state index contributed by atoms with van der Waals surface area (Å²) in [6.45, 7) is 5.49. The molecule has 1 saturated heterocycles. The molecular weight excluding hydrogens is 166 g/mol. The smallest absolute Gasteiger partial charge is 0.0594 e. The van der Waals surface area contributed by atoms with Gasteiger partial charge in [0.15, 0.2) is 0 Å². The molecular formula is C10H19NO2. The highest BCUT2D eigenvalue weighted by molar-refractivity contribution is 4.83. The van der Waals surface area contributed by atoms with E-state index >= 15 is 0 Å². The maximum absolute atomic E-state index is 9.04. The summed E-state index contributed by atoms with van der Waals surface area (Å²) < 4.78 is 5.30. The van der Waals surface area contributed by atoms with Gasteiger partial charge in [0.05, 0.1) is 13.2 Å². The van der Waals surface area contributed by atoms with Crippen molar-refractivity contribution in [3.63, 3.8) is 0 Å². The Balaban J connectivity index is 1.70. The van der Waals surface area contributed by atoms with Gasteiger partial charge in [-0.2, -0.15) is 0 Å². The lowest BCUT2D eigenvalue weighted by Gasteiger charge is -2.40.